The molecule has 0 aliphatic heterocycles. The van der Waals surface area contributed by atoms with E-state index in [1.165, 1.54) is 21.3 Å². The van der Waals surface area contributed by atoms with E-state index in [1.54, 1.807) is 0 Å². The van der Waals surface area contributed by atoms with E-state index in [9.17, 15) is 0 Å². The lowest BCUT2D eigenvalue weighted by atomic mass is 9.79. The van der Waals surface area contributed by atoms with Gasteiger partial charge in [-0.25, -0.2) is 0 Å². The minimum atomic E-state index is 0.363. The molecule has 21 heavy (non-hydrogen) atoms. The maximum atomic E-state index is 3.72. The van der Waals surface area contributed by atoms with Gasteiger partial charge in [0.1, 0.15) is 0 Å². The molecular weight excluding hydrogens is 342 g/mol. The predicted molar refractivity (Wildman–Crippen MR) is 97.1 cm³/mol. The van der Waals surface area contributed by atoms with Gasteiger partial charge in [0, 0.05) is 21.3 Å². The Bertz CT molecular complexity index is 537. The van der Waals surface area contributed by atoms with Gasteiger partial charge in [0.25, 0.3) is 0 Å². The second-order valence-electron chi connectivity index (χ2n) is 5.49. The van der Waals surface area contributed by atoms with Gasteiger partial charge in [0.05, 0.1) is 0 Å². The third-order valence-corrected chi connectivity index (χ3v) is 6.11. The van der Waals surface area contributed by atoms with Crippen molar-refractivity contribution in [2.45, 2.75) is 39.2 Å². The van der Waals surface area contributed by atoms with Gasteiger partial charge < -0.3 is 5.32 Å². The quantitative estimate of drug-likeness (QED) is 0.635. The predicted octanol–water partition coefficient (Wildman–Crippen LogP) is 5.99. The van der Waals surface area contributed by atoms with Crippen LogP contribution in [0.5, 0.6) is 0 Å². The molecule has 2 aromatic rings. The zero-order valence-electron chi connectivity index (χ0n) is 13.0. The Hall–Kier alpha value is -0.640. The van der Waals surface area contributed by atoms with Crippen LogP contribution in [0.3, 0.4) is 0 Å². The number of likely N-dealkylation sites (N-methyl/N-ethyl adjacent to an activating group) is 1. The summed E-state index contributed by atoms with van der Waals surface area (Å²) in [7, 11) is 0. The Kier molecular flexibility index (Phi) is 6.46. The first kappa shape index (κ1) is 16.7. The average Bonchev–Trinajstić information content (AvgIpc) is 2.93. The summed E-state index contributed by atoms with van der Waals surface area (Å²) in [6, 6.07) is 13.4. The van der Waals surface area contributed by atoms with Crippen LogP contribution >= 0.6 is 27.3 Å². The minimum absolute atomic E-state index is 0.363. The molecule has 0 spiro atoms. The fraction of sp³-hybridized carbons (Fsp3) is 0.444. The Morgan fingerprint density at radius 2 is 1.86 bits per heavy atom. The van der Waals surface area contributed by atoms with Gasteiger partial charge in [0.2, 0.25) is 0 Å². The molecule has 0 fully saturated rings. The largest absolute Gasteiger partial charge is 0.309 e. The van der Waals surface area contributed by atoms with Crippen LogP contribution < -0.4 is 5.32 Å². The third kappa shape index (κ3) is 3.97. The smallest absolute Gasteiger partial charge is 0.0498 e. The zero-order chi connectivity index (χ0) is 15.2. The number of hydrogen-bond donors (Lipinski definition) is 1. The summed E-state index contributed by atoms with van der Waals surface area (Å²) in [5.74, 6) is 1.12. The summed E-state index contributed by atoms with van der Waals surface area (Å²) in [4.78, 5) is 1.41. The average molecular weight is 366 g/mol. The van der Waals surface area contributed by atoms with Gasteiger partial charge in [-0.1, -0.05) is 57.5 Å². The van der Waals surface area contributed by atoms with Crippen LogP contribution in [0.25, 0.3) is 0 Å². The van der Waals surface area contributed by atoms with Crippen molar-refractivity contribution in [2.75, 3.05) is 6.54 Å². The molecule has 1 aromatic heterocycles. The molecular formula is C18H24BrNS. The number of rotatable bonds is 7. The Labute approximate surface area is 140 Å². The normalized spacial score (nSPS) is 15.6. The molecule has 3 atom stereocenters. The van der Waals surface area contributed by atoms with E-state index in [0.29, 0.717) is 17.9 Å². The lowest BCUT2D eigenvalue weighted by Crippen LogP contribution is -2.30. The van der Waals surface area contributed by atoms with E-state index >= 15 is 0 Å². The second kappa shape index (κ2) is 8.11. The van der Waals surface area contributed by atoms with Crippen molar-refractivity contribution < 1.29 is 0 Å². The summed E-state index contributed by atoms with van der Waals surface area (Å²) in [6.07, 6.45) is 1.18. The van der Waals surface area contributed by atoms with Gasteiger partial charge in [0.15, 0.2) is 0 Å². The molecule has 0 saturated heterocycles. The lowest BCUT2D eigenvalue weighted by Gasteiger charge is -2.32. The Morgan fingerprint density at radius 3 is 2.38 bits per heavy atom. The van der Waals surface area contributed by atoms with Crippen LogP contribution in [0, 0.1) is 5.92 Å². The summed E-state index contributed by atoms with van der Waals surface area (Å²) in [5, 5.41) is 5.89. The van der Waals surface area contributed by atoms with Crippen molar-refractivity contribution in [3.05, 3.63) is 56.7 Å². The van der Waals surface area contributed by atoms with E-state index in [-0.39, 0.29) is 0 Å². The number of halogens is 1. The number of thiophene rings is 1. The van der Waals surface area contributed by atoms with Crippen LogP contribution in [-0.4, -0.2) is 6.54 Å². The number of benzene rings is 1. The van der Waals surface area contributed by atoms with Crippen molar-refractivity contribution in [3.63, 3.8) is 0 Å². The summed E-state index contributed by atoms with van der Waals surface area (Å²) in [6.45, 7) is 7.82. The molecule has 0 radical (unpaired) electrons. The molecule has 114 valence electrons. The zero-order valence-corrected chi connectivity index (χ0v) is 15.4. The van der Waals surface area contributed by atoms with Gasteiger partial charge in [-0.3, -0.25) is 0 Å². The third-order valence-electron chi connectivity index (χ3n) is 4.15. The molecule has 1 aromatic carbocycles. The SMILES string of the molecule is CCNC(c1sccc1Br)C(c1ccccc1)C(C)CC. The fourth-order valence-corrected chi connectivity index (χ4v) is 4.65. The minimum Gasteiger partial charge on any atom is -0.309 e. The van der Waals surface area contributed by atoms with E-state index in [4.69, 9.17) is 0 Å². The first-order valence-electron chi connectivity index (χ1n) is 7.70. The van der Waals surface area contributed by atoms with Gasteiger partial charge >= 0.3 is 0 Å². The van der Waals surface area contributed by atoms with Crippen molar-refractivity contribution in [3.8, 4) is 0 Å². The molecule has 1 N–H and O–H groups in total. The fourth-order valence-electron chi connectivity index (χ4n) is 2.91. The standard InChI is InChI=1S/C18H24BrNS/c1-4-13(3)16(14-9-7-6-8-10-14)17(20-5-2)18-15(19)11-12-21-18/h6-13,16-17,20H,4-5H2,1-3H3. The highest BCUT2D eigenvalue weighted by Gasteiger charge is 2.30. The Morgan fingerprint density at radius 1 is 1.14 bits per heavy atom. The summed E-state index contributed by atoms with van der Waals surface area (Å²) in [5.41, 5.74) is 1.43. The number of nitrogens with one attached hydrogen (secondary N) is 1. The molecule has 0 saturated carbocycles. The van der Waals surface area contributed by atoms with Crippen LogP contribution in [0.2, 0.25) is 0 Å². The molecule has 0 bridgehead atoms. The molecule has 0 amide bonds. The van der Waals surface area contributed by atoms with Crippen LogP contribution in [-0.2, 0) is 0 Å². The topological polar surface area (TPSA) is 12.0 Å². The maximum Gasteiger partial charge on any atom is 0.0498 e. The van der Waals surface area contributed by atoms with Gasteiger partial charge in [-0.15, -0.1) is 11.3 Å². The van der Waals surface area contributed by atoms with Crippen molar-refractivity contribution in [2.24, 2.45) is 5.92 Å². The molecule has 3 unspecified atom stereocenters. The second-order valence-corrected chi connectivity index (χ2v) is 7.29. The molecule has 0 aliphatic rings. The maximum absolute atomic E-state index is 3.72. The summed E-state index contributed by atoms with van der Waals surface area (Å²) < 4.78 is 1.22. The van der Waals surface area contributed by atoms with E-state index in [1.807, 2.05) is 11.3 Å². The van der Waals surface area contributed by atoms with Crippen molar-refractivity contribution >= 4 is 27.3 Å². The highest BCUT2D eigenvalue weighted by Crippen LogP contribution is 2.42. The van der Waals surface area contributed by atoms with Crippen molar-refractivity contribution in [1.82, 2.24) is 5.32 Å². The van der Waals surface area contributed by atoms with Gasteiger partial charge in [-0.2, -0.15) is 0 Å². The van der Waals surface area contributed by atoms with Gasteiger partial charge in [-0.05, 0) is 45.4 Å². The molecule has 1 heterocycles. The first-order chi connectivity index (χ1) is 10.2. The van der Waals surface area contributed by atoms with Crippen LogP contribution in [0.15, 0.2) is 46.3 Å². The highest BCUT2D eigenvalue weighted by molar-refractivity contribution is 9.10. The van der Waals surface area contributed by atoms with E-state index in [2.05, 4.69) is 83.8 Å². The van der Waals surface area contributed by atoms with Crippen LogP contribution in [0.4, 0.5) is 0 Å². The molecule has 1 nitrogen and oxygen atoms in total. The Balaban J connectivity index is 2.43. The van der Waals surface area contributed by atoms with Crippen molar-refractivity contribution in [1.29, 1.82) is 0 Å². The first-order valence-corrected chi connectivity index (χ1v) is 9.37. The van der Waals surface area contributed by atoms with Crippen LogP contribution in [0.1, 0.15) is 49.6 Å². The molecule has 3 heteroatoms. The highest BCUT2D eigenvalue weighted by atomic mass is 79.9. The molecule has 2 rings (SSSR count). The lowest BCUT2D eigenvalue weighted by molar-refractivity contribution is 0.347. The monoisotopic (exact) mass is 365 g/mol. The van der Waals surface area contributed by atoms with E-state index in [0.717, 1.165) is 6.54 Å². The molecule has 0 aliphatic carbocycles. The number of hydrogen-bond acceptors (Lipinski definition) is 2. The van der Waals surface area contributed by atoms with E-state index < -0.39 is 0 Å². The summed E-state index contributed by atoms with van der Waals surface area (Å²) >= 11 is 5.56.